The molecule has 0 atom stereocenters. The second-order valence-corrected chi connectivity index (χ2v) is 40.7. The Hall–Kier alpha value is -9.88. The fourth-order valence-electron chi connectivity index (χ4n) is 18.9. The lowest BCUT2D eigenvalue weighted by Gasteiger charge is -2.13. The summed E-state index contributed by atoms with van der Waals surface area (Å²) in [6.07, 6.45) is 86.5. The normalized spacial score (nSPS) is 11.4. The van der Waals surface area contributed by atoms with E-state index in [0.717, 1.165) is 193 Å². The first-order valence-corrected chi connectivity index (χ1v) is 59.1. The van der Waals surface area contributed by atoms with Crippen LogP contribution in [0.5, 0.6) is 46.0 Å². The SMILES string of the molecule is CCCCCCCCCCOc1ccc(C#Cc2c3nc(c(C#Cc4ccc(OCCCCCCCCCC)c(OCCCCCCCCCC)c4)c4ccc([nH]4)c(C#Cc4ccc(OCCCCCCCCCC)c(OCCCCCCCCCC)c4)c4ccc([nH]4)c(C#Cc4ccc(OCCCCCCCCCC)c(OCCCCCCCCCC)c4)c4nc2C=C4)C=C3)cc1OCCCCCCCCCC. The van der Waals surface area contributed by atoms with Crippen LogP contribution >= 0.6 is 0 Å². The van der Waals surface area contributed by atoms with Gasteiger partial charge in [0.2, 0.25) is 0 Å². The van der Waals surface area contributed by atoms with Gasteiger partial charge in [0.1, 0.15) is 0 Å². The summed E-state index contributed by atoms with van der Waals surface area (Å²) in [5.74, 6) is 35.5. The van der Waals surface area contributed by atoms with Crippen molar-refractivity contribution in [3.05, 3.63) is 164 Å². The van der Waals surface area contributed by atoms with Crippen LogP contribution in [0.25, 0.3) is 46.4 Å². The Kier molecular flexibility index (Phi) is 62.6. The van der Waals surface area contributed by atoms with E-state index < -0.39 is 0 Å². The molecule has 2 aliphatic heterocycles. The van der Waals surface area contributed by atoms with Crippen LogP contribution in [0.2, 0.25) is 0 Å². The number of aromatic amines is 2. The number of rotatable bonds is 80. The highest BCUT2D eigenvalue weighted by molar-refractivity contribution is 5.88. The van der Waals surface area contributed by atoms with Gasteiger partial charge in [0.05, 0.1) is 120 Å². The third kappa shape index (κ3) is 47.7. The molecule has 0 unspecified atom stereocenters. The first-order chi connectivity index (χ1) is 71.3. The van der Waals surface area contributed by atoms with Crippen molar-refractivity contribution in [2.45, 2.75) is 466 Å². The Labute approximate surface area is 875 Å². The van der Waals surface area contributed by atoms with Crippen LogP contribution < -0.4 is 37.9 Å². The summed E-state index contributed by atoms with van der Waals surface area (Å²) in [5, 5.41) is 0. The van der Waals surface area contributed by atoms with E-state index in [0.29, 0.717) is 98.1 Å². The number of nitrogens with one attached hydrogen (secondary N) is 2. The van der Waals surface area contributed by atoms with Crippen LogP contribution in [0, 0.1) is 47.4 Å². The van der Waals surface area contributed by atoms with E-state index >= 15 is 0 Å². The smallest absolute Gasteiger partial charge is 0.162 e. The molecule has 0 amide bonds. The van der Waals surface area contributed by atoms with E-state index in [2.05, 4.69) is 234 Å². The van der Waals surface area contributed by atoms with Crippen molar-refractivity contribution in [1.82, 2.24) is 19.9 Å². The minimum absolute atomic E-state index is 0.597. The second-order valence-electron chi connectivity index (χ2n) is 40.7. The molecule has 4 aromatic carbocycles. The molecule has 0 saturated carbocycles. The number of hydrogen-bond donors (Lipinski definition) is 2. The van der Waals surface area contributed by atoms with Gasteiger partial charge in [-0.1, -0.05) is 462 Å². The van der Waals surface area contributed by atoms with Crippen molar-refractivity contribution in [3.63, 3.8) is 0 Å². The average molecular weight is 1960 g/mol. The van der Waals surface area contributed by atoms with E-state index in [1.54, 1.807) is 0 Å². The highest BCUT2D eigenvalue weighted by Crippen LogP contribution is 2.37. The minimum atomic E-state index is 0.597. The number of unbranched alkanes of at least 4 members (excludes halogenated alkanes) is 56. The maximum Gasteiger partial charge on any atom is 0.162 e. The molecule has 2 aliphatic rings. The van der Waals surface area contributed by atoms with E-state index in [-0.39, 0.29) is 0 Å². The van der Waals surface area contributed by atoms with Crippen LogP contribution in [0.1, 0.15) is 534 Å². The molecule has 0 spiro atoms. The highest BCUT2D eigenvalue weighted by Gasteiger charge is 2.20. The fraction of sp³-hybridized carbons (Fsp3) is 0.606. The van der Waals surface area contributed by atoms with Gasteiger partial charge in [0.25, 0.3) is 0 Å². The number of benzene rings is 4. The van der Waals surface area contributed by atoms with E-state index in [9.17, 15) is 0 Å². The van der Waals surface area contributed by atoms with Crippen molar-refractivity contribution in [2.24, 2.45) is 0 Å². The van der Waals surface area contributed by atoms with Gasteiger partial charge in [-0.25, -0.2) is 9.97 Å². The number of aromatic nitrogens is 4. The lowest BCUT2D eigenvalue weighted by Crippen LogP contribution is -2.03. The zero-order chi connectivity index (χ0) is 101. The molecule has 5 heterocycles. The lowest BCUT2D eigenvalue weighted by atomic mass is 10.1. The molecule has 12 nitrogen and oxygen atoms in total. The molecule has 0 radical (unpaired) electrons. The molecule has 8 bridgehead atoms. The number of ether oxygens (including phenoxy) is 8. The predicted octanol–water partition coefficient (Wildman–Crippen LogP) is 38.4. The maximum absolute atomic E-state index is 6.78. The molecule has 2 N–H and O–H groups in total. The fourth-order valence-corrected chi connectivity index (χ4v) is 18.9. The first kappa shape index (κ1) is 118. The Morgan fingerprint density at radius 2 is 0.326 bits per heavy atom. The maximum atomic E-state index is 6.78. The van der Waals surface area contributed by atoms with Crippen LogP contribution in [-0.2, 0) is 0 Å². The predicted molar refractivity (Wildman–Crippen MR) is 613 cm³/mol. The summed E-state index contributed by atoms with van der Waals surface area (Å²) in [5.41, 5.74) is 11.7. The number of nitrogens with zero attached hydrogens (tertiary/aromatic N) is 2. The largest absolute Gasteiger partial charge is 0.490 e. The highest BCUT2D eigenvalue weighted by atomic mass is 16.5. The molecule has 12 heteroatoms. The van der Waals surface area contributed by atoms with E-state index in [4.69, 9.17) is 47.9 Å². The molecule has 0 fully saturated rings. The summed E-state index contributed by atoms with van der Waals surface area (Å²) in [7, 11) is 0. The van der Waals surface area contributed by atoms with Gasteiger partial charge in [-0.15, -0.1) is 0 Å². The monoisotopic (exact) mass is 1960 g/mol. The van der Waals surface area contributed by atoms with Crippen LogP contribution in [0.15, 0.2) is 97.1 Å². The van der Waals surface area contributed by atoms with Crippen molar-refractivity contribution in [3.8, 4) is 93.4 Å². The minimum Gasteiger partial charge on any atom is -0.490 e. The second kappa shape index (κ2) is 76.6. The Morgan fingerprint density at radius 3 is 0.528 bits per heavy atom. The summed E-state index contributed by atoms with van der Waals surface area (Å²) in [6, 6.07) is 33.3. The Morgan fingerprint density at radius 1 is 0.167 bits per heavy atom. The van der Waals surface area contributed by atoms with Gasteiger partial charge in [0.15, 0.2) is 46.0 Å². The third-order valence-electron chi connectivity index (χ3n) is 27.9. The molecule has 7 aromatic rings. The molecular weight excluding hydrogens is 1770 g/mol. The summed E-state index contributed by atoms with van der Waals surface area (Å²) < 4.78 is 53.7. The molecule has 144 heavy (non-hydrogen) atoms. The number of hydrogen-bond acceptors (Lipinski definition) is 10. The third-order valence-corrected chi connectivity index (χ3v) is 27.9. The molecule has 9 rings (SSSR count). The summed E-state index contributed by atoms with van der Waals surface area (Å²) >= 11 is 0. The van der Waals surface area contributed by atoms with Crippen LogP contribution in [0.3, 0.4) is 0 Å². The Balaban J connectivity index is 1.22. The zero-order valence-electron chi connectivity index (χ0n) is 91.6. The number of fused-ring (bicyclic) bond motifs is 8. The quantitative estimate of drug-likeness (QED) is 0.0281. The zero-order valence-corrected chi connectivity index (χ0v) is 91.6. The van der Waals surface area contributed by atoms with E-state index in [1.807, 2.05) is 0 Å². The Bertz CT molecular complexity index is 4980. The van der Waals surface area contributed by atoms with Crippen molar-refractivity contribution >= 4 is 46.4 Å². The van der Waals surface area contributed by atoms with Gasteiger partial charge < -0.3 is 47.9 Å². The first-order valence-electron chi connectivity index (χ1n) is 59.1. The van der Waals surface area contributed by atoms with Gasteiger partial charge in [0, 0.05) is 22.3 Å². The molecule has 786 valence electrons. The molecular formula is C132H190N4O8. The lowest BCUT2D eigenvalue weighted by molar-refractivity contribution is 0.258. The number of H-pyrrole nitrogens is 2. The van der Waals surface area contributed by atoms with E-state index in [1.165, 1.54) is 308 Å². The molecule has 0 aliphatic carbocycles. The van der Waals surface area contributed by atoms with Crippen molar-refractivity contribution < 1.29 is 37.9 Å². The summed E-state index contributed by atoms with van der Waals surface area (Å²) in [4.78, 5) is 19.2. The van der Waals surface area contributed by atoms with Crippen LogP contribution in [0.4, 0.5) is 0 Å². The standard InChI is InChI=1S/C132H190N4O8/c1-9-17-25-33-41-49-57-65-97-137-125-93-77-109(105-129(125)141-101-69-61-53-45-37-29-21-13-5)73-81-113-117-85-87-119(133-117)114(82-74-110-78-94-126(138-98-66-58-50-42-34-26-18-10-2)130(106-110)142-102-70-62-54-46-38-30-22-14-6)121-89-91-123(135-121)116(84-76-112-80-96-128(140-100-68-60-52-44-36-28-20-12-4)132(108-112)144-104-72-64-56-48-40-32-24-16-8)124-92-90-122(136-124)115(120-88-86-118(113)134-120)83-75-111-79-95-127(139-99-67-59-51-43-35-27-19-11-3)131(107-111)143-103-71-63-55-47-39-31-23-15-7/h77-80,85-96,105-108,133-134H,9-72,97-104H2,1-8H3. The summed E-state index contributed by atoms with van der Waals surface area (Å²) in [6.45, 7) is 23.2. The van der Waals surface area contributed by atoms with Crippen molar-refractivity contribution in [2.75, 3.05) is 52.9 Å². The van der Waals surface area contributed by atoms with Gasteiger partial charge >= 0.3 is 0 Å². The van der Waals surface area contributed by atoms with Crippen molar-refractivity contribution in [1.29, 1.82) is 0 Å². The van der Waals surface area contributed by atoms with Gasteiger partial charge in [-0.05, 0) is 173 Å². The molecule has 3 aromatic heterocycles. The average Bonchev–Trinajstić information content (AvgIpc) is 1.63. The van der Waals surface area contributed by atoms with Gasteiger partial charge in [-0.3, -0.25) is 0 Å². The topological polar surface area (TPSA) is 131 Å². The van der Waals surface area contributed by atoms with Gasteiger partial charge in [-0.2, -0.15) is 0 Å². The molecule has 0 saturated heterocycles. The van der Waals surface area contributed by atoms with Crippen LogP contribution in [-0.4, -0.2) is 72.8 Å².